The van der Waals surface area contributed by atoms with Gasteiger partial charge in [0.05, 0.1) is 31.5 Å². The minimum absolute atomic E-state index is 0.331. The first-order chi connectivity index (χ1) is 16.2. The van der Waals surface area contributed by atoms with E-state index in [-0.39, 0.29) is 0 Å². The van der Waals surface area contributed by atoms with Crippen molar-refractivity contribution in [3.05, 3.63) is 103 Å². The van der Waals surface area contributed by atoms with Gasteiger partial charge >= 0.3 is 0 Å². The molecule has 0 radical (unpaired) electrons. The number of hydrogen-bond donors (Lipinski definition) is 2. The summed E-state index contributed by atoms with van der Waals surface area (Å²) in [6.07, 6.45) is 0. The van der Waals surface area contributed by atoms with Crippen molar-refractivity contribution in [3.63, 3.8) is 0 Å². The third-order valence-electron chi connectivity index (χ3n) is 4.73. The molecule has 174 valence electrons. The van der Waals surface area contributed by atoms with Gasteiger partial charge in [0, 0.05) is 11.1 Å². The van der Waals surface area contributed by atoms with E-state index in [1.54, 1.807) is 50.2 Å². The molecule has 0 atom stereocenters. The van der Waals surface area contributed by atoms with Crippen LogP contribution in [-0.2, 0) is 0 Å². The molecule has 10 heteroatoms. The Labute approximate surface area is 216 Å². The van der Waals surface area contributed by atoms with Gasteiger partial charge in [0.2, 0.25) is 0 Å². The normalized spacial score (nSPS) is 11.8. The predicted molar refractivity (Wildman–Crippen MR) is 139 cm³/mol. The Morgan fingerprint density at radius 1 is 0.559 bits per heavy atom. The van der Waals surface area contributed by atoms with E-state index in [1.807, 2.05) is 0 Å². The van der Waals surface area contributed by atoms with Crippen LogP contribution in [0.5, 0.6) is 0 Å². The number of halogens is 4. The molecule has 34 heavy (non-hydrogen) atoms. The van der Waals surface area contributed by atoms with Crippen LogP contribution in [-0.4, -0.2) is 23.2 Å². The lowest BCUT2D eigenvalue weighted by atomic mass is 10.1. The lowest BCUT2D eigenvalue weighted by Gasteiger charge is -2.06. The van der Waals surface area contributed by atoms with Crippen LogP contribution in [0.15, 0.2) is 70.9 Å². The minimum Gasteiger partial charge on any atom is -0.267 e. The Bertz CT molecular complexity index is 1200. The van der Waals surface area contributed by atoms with Crippen molar-refractivity contribution >= 4 is 69.6 Å². The van der Waals surface area contributed by atoms with Gasteiger partial charge in [-0.15, -0.1) is 0 Å². The molecule has 2 N–H and O–H groups in total. The first kappa shape index (κ1) is 25.7. The maximum absolute atomic E-state index is 12.4. The Kier molecular flexibility index (Phi) is 8.69. The largest absolute Gasteiger partial charge is 0.271 e. The quantitative estimate of drug-likeness (QED) is 0.275. The highest BCUT2D eigenvalue weighted by Gasteiger charge is 2.10. The van der Waals surface area contributed by atoms with E-state index < -0.39 is 11.8 Å². The monoisotopic (exact) mass is 534 g/mol. The van der Waals surface area contributed by atoms with Crippen LogP contribution in [0.4, 0.5) is 0 Å². The first-order valence-corrected chi connectivity index (χ1v) is 11.4. The van der Waals surface area contributed by atoms with Crippen LogP contribution in [0, 0.1) is 0 Å². The molecule has 2 amide bonds. The van der Waals surface area contributed by atoms with E-state index in [0.717, 1.165) is 11.1 Å². The lowest BCUT2D eigenvalue weighted by Crippen LogP contribution is -2.21. The van der Waals surface area contributed by atoms with Gasteiger partial charge in [0.1, 0.15) is 0 Å². The van der Waals surface area contributed by atoms with Crippen molar-refractivity contribution in [2.75, 3.05) is 0 Å². The molecule has 0 unspecified atom stereocenters. The van der Waals surface area contributed by atoms with Crippen molar-refractivity contribution in [2.45, 2.75) is 13.8 Å². The van der Waals surface area contributed by atoms with Crippen LogP contribution < -0.4 is 10.9 Å². The molecule has 0 spiro atoms. The number of rotatable bonds is 6. The number of benzene rings is 3. The molecule has 3 aromatic carbocycles. The first-order valence-electron chi connectivity index (χ1n) is 9.86. The van der Waals surface area contributed by atoms with E-state index in [4.69, 9.17) is 46.4 Å². The van der Waals surface area contributed by atoms with Crippen molar-refractivity contribution in [1.82, 2.24) is 10.9 Å². The van der Waals surface area contributed by atoms with E-state index in [9.17, 15) is 9.59 Å². The summed E-state index contributed by atoms with van der Waals surface area (Å²) in [4.78, 5) is 24.8. The fourth-order valence-electron chi connectivity index (χ4n) is 2.74. The highest BCUT2D eigenvalue weighted by Crippen LogP contribution is 2.23. The van der Waals surface area contributed by atoms with Gasteiger partial charge in [-0.1, -0.05) is 58.5 Å². The van der Waals surface area contributed by atoms with E-state index >= 15 is 0 Å². The zero-order valence-corrected chi connectivity index (χ0v) is 21.0. The summed E-state index contributed by atoms with van der Waals surface area (Å²) in [5, 5.41) is 9.83. The van der Waals surface area contributed by atoms with Gasteiger partial charge in [-0.2, -0.15) is 10.2 Å². The van der Waals surface area contributed by atoms with Gasteiger partial charge in [-0.05, 0) is 73.5 Å². The molecular weight excluding hydrogens is 518 g/mol. The standard InChI is InChI=1S/C24H18Cl4N4O2/c1-13(17-7-9-19(25)21(27)11-17)29-31-23(33)15-3-5-16(6-4-15)24(34)32-30-14(2)18-8-10-20(26)22(28)12-18/h3-12H,1-2H3,(H,31,33)(H,32,34)/b29-13+,30-14+. The van der Waals surface area contributed by atoms with Crippen LogP contribution in [0.25, 0.3) is 0 Å². The van der Waals surface area contributed by atoms with Gasteiger partial charge < -0.3 is 0 Å². The van der Waals surface area contributed by atoms with Crippen LogP contribution >= 0.6 is 46.4 Å². The highest BCUT2D eigenvalue weighted by atomic mass is 35.5. The summed E-state index contributed by atoms with van der Waals surface area (Å²) in [5.74, 6) is -0.861. The summed E-state index contributed by atoms with van der Waals surface area (Å²) in [6, 6.07) is 16.2. The fourth-order valence-corrected chi connectivity index (χ4v) is 3.34. The molecule has 3 aromatic rings. The average molecular weight is 536 g/mol. The third kappa shape index (κ3) is 6.58. The van der Waals surface area contributed by atoms with E-state index in [1.165, 1.54) is 24.3 Å². The Morgan fingerprint density at radius 2 is 0.882 bits per heavy atom. The Morgan fingerprint density at radius 3 is 1.21 bits per heavy atom. The zero-order chi connectivity index (χ0) is 24.8. The molecule has 0 aromatic heterocycles. The number of carbonyl (C=O) groups is 2. The molecular formula is C24H18Cl4N4O2. The summed E-state index contributed by atoms with van der Waals surface area (Å²) in [7, 11) is 0. The third-order valence-corrected chi connectivity index (χ3v) is 6.21. The van der Waals surface area contributed by atoms with Crippen molar-refractivity contribution in [3.8, 4) is 0 Å². The SMILES string of the molecule is C/C(=N\NC(=O)c1ccc(C(=O)N/N=C(\C)c2ccc(Cl)c(Cl)c2)cc1)c1ccc(Cl)c(Cl)c1. The molecule has 0 heterocycles. The Balaban J connectivity index is 1.62. The number of carbonyl (C=O) groups excluding carboxylic acids is 2. The van der Waals surface area contributed by atoms with Crippen molar-refractivity contribution in [1.29, 1.82) is 0 Å². The molecule has 0 saturated heterocycles. The zero-order valence-electron chi connectivity index (χ0n) is 18.0. The summed E-state index contributed by atoms with van der Waals surface area (Å²) >= 11 is 23.9. The number of nitrogens with zero attached hydrogens (tertiary/aromatic N) is 2. The van der Waals surface area contributed by atoms with Gasteiger partial charge in [0.15, 0.2) is 0 Å². The molecule has 0 saturated carbocycles. The highest BCUT2D eigenvalue weighted by molar-refractivity contribution is 6.42. The van der Waals surface area contributed by atoms with Gasteiger partial charge in [-0.3, -0.25) is 9.59 Å². The maximum atomic E-state index is 12.4. The van der Waals surface area contributed by atoms with Crippen LogP contribution in [0.3, 0.4) is 0 Å². The fraction of sp³-hybridized carbons (Fsp3) is 0.0833. The van der Waals surface area contributed by atoms with Gasteiger partial charge in [0.25, 0.3) is 11.8 Å². The molecule has 6 nitrogen and oxygen atoms in total. The molecule has 0 aliphatic carbocycles. The second-order valence-corrected chi connectivity index (χ2v) is 8.74. The summed E-state index contributed by atoms with van der Waals surface area (Å²) in [5.41, 5.74) is 8.17. The molecule has 0 fully saturated rings. The molecule has 0 bridgehead atoms. The lowest BCUT2D eigenvalue weighted by molar-refractivity contribution is 0.0943. The van der Waals surface area contributed by atoms with Crippen LogP contribution in [0.2, 0.25) is 20.1 Å². The summed E-state index contributed by atoms with van der Waals surface area (Å²) < 4.78 is 0. The second kappa shape index (κ2) is 11.5. The van der Waals surface area contributed by atoms with Gasteiger partial charge in [-0.25, -0.2) is 10.9 Å². The number of nitrogens with one attached hydrogen (secondary N) is 2. The molecule has 0 aliphatic heterocycles. The number of hydrazone groups is 2. The number of amides is 2. The van der Waals surface area contributed by atoms with E-state index in [2.05, 4.69) is 21.1 Å². The Hall–Kier alpha value is -2.90. The van der Waals surface area contributed by atoms with Crippen LogP contribution in [0.1, 0.15) is 45.7 Å². The number of hydrogen-bond acceptors (Lipinski definition) is 4. The second-order valence-electron chi connectivity index (χ2n) is 7.11. The molecule has 3 rings (SSSR count). The maximum Gasteiger partial charge on any atom is 0.271 e. The smallest absolute Gasteiger partial charge is 0.267 e. The topological polar surface area (TPSA) is 82.9 Å². The van der Waals surface area contributed by atoms with E-state index in [0.29, 0.717) is 42.6 Å². The van der Waals surface area contributed by atoms with Crippen molar-refractivity contribution in [2.24, 2.45) is 10.2 Å². The minimum atomic E-state index is -0.431. The summed E-state index contributed by atoms with van der Waals surface area (Å²) in [6.45, 7) is 3.46. The predicted octanol–water partition coefficient (Wildman–Crippen LogP) is 6.61. The average Bonchev–Trinajstić information content (AvgIpc) is 2.84. The molecule has 0 aliphatic rings. The van der Waals surface area contributed by atoms with Crippen molar-refractivity contribution < 1.29 is 9.59 Å².